The highest BCUT2D eigenvalue weighted by molar-refractivity contribution is 5.76. The molecule has 2 rings (SSSR count). The second-order valence-corrected chi connectivity index (χ2v) is 4.76. The van der Waals surface area contributed by atoms with Crippen LogP contribution in [0, 0.1) is 11.3 Å². The van der Waals surface area contributed by atoms with Crippen LogP contribution in [0.1, 0.15) is 24.1 Å². The number of rotatable bonds is 4. The fourth-order valence-corrected chi connectivity index (χ4v) is 1.94. The summed E-state index contributed by atoms with van der Waals surface area (Å²) in [6, 6.07) is 9.80. The van der Waals surface area contributed by atoms with Crippen molar-refractivity contribution in [2.24, 2.45) is 0 Å². The molecule has 0 bridgehead atoms. The van der Waals surface area contributed by atoms with Crippen molar-refractivity contribution in [3.05, 3.63) is 68.5 Å². The van der Waals surface area contributed by atoms with Crippen molar-refractivity contribution in [2.75, 3.05) is 0 Å². The molecular formula is C15H14N4O3. The van der Waals surface area contributed by atoms with E-state index in [-0.39, 0.29) is 18.5 Å². The molecule has 112 valence electrons. The highest BCUT2D eigenvalue weighted by atomic mass is 16.2. The van der Waals surface area contributed by atoms with E-state index in [4.69, 9.17) is 5.26 Å². The number of hydrogen-bond acceptors (Lipinski definition) is 4. The third-order valence-electron chi connectivity index (χ3n) is 3.13. The Morgan fingerprint density at radius 2 is 2.00 bits per heavy atom. The lowest BCUT2D eigenvalue weighted by atomic mass is 10.1. The fourth-order valence-electron chi connectivity index (χ4n) is 1.94. The van der Waals surface area contributed by atoms with E-state index >= 15 is 0 Å². The van der Waals surface area contributed by atoms with E-state index in [0.29, 0.717) is 5.56 Å². The smallest absolute Gasteiger partial charge is 0.328 e. The van der Waals surface area contributed by atoms with E-state index in [1.54, 1.807) is 31.2 Å². The van der Waals surface area contributed by atoms with Gasteiger partial charge in [0.2, 0.25) is 5.91 Å². The van der Waals surface area contributed by atoms with Crippen LogP contribution in [0.15, 0.2) is 46.1 Å². The Labute approximate surface area is 125 Å². The van der Waals surface area contributed by atoms with Crippen molar-refractivity contribution in [1.82, 2.24) is 14.9 Å². The van der Waals surface area contributed by atoms with Crippen LogP contribution < -0.4 is 16.6 Å². The van der Waals surface area contributed by atoms with Gasteiger partial charge in [-0.05, 0) is 24.6 Å². The van der Waals surface area contributed by atoms with Gasteiger partial charge in [0, 0.05) is 12.3 Å². The Hall–Kier alpha value is -3.14. The second-order valence-electron chi connectivity index (χ2n) is 4.76. The molecule has 1 amide bonds. The van der Waals surface area contributed by atoms with Gasteiger partial charge in [-0.3, -0.25) is 19.1 Å². The first-order valence-corrected chi connectivity index (χ1v) is 6.59. The normalized spacial score (nSPS) is 11.5. The number of nitriles is 1. The molecule has 7 nitrogen and oxygen atoms in total. The Morgan fingerprint density at radius 3 is 2.59 bits per heavy atom. The van der Waals surface area contributed by atoms with Gasteiger partial charge in [0.05, 0.1) is 17.7 Å². The van der Waals surface area contributed by atoms with Crippen LogP contribution in [0.4, 0.5) is 0 Å². The lowest BCUT2D eigenvalue weighted by Crippen LogP contribution is -2.36. The molecule has 7 heteroatoms. The van der Waals surface area contributed by atoms with Crippen LogP contribution in [-0.4, -0.2) is 15.5 Å². The molecule has 2 N–H and O–H groups in total. The van der Waals surface area contributed by atoms with Gasteiger partial charge in [-0.1, -0.05) is 12.1 Å². The van der Waals surface area contributed by atoms with Crippen LogP contribution in [0.25, 0.3) is 0 Å². The molecule has 0 aliphatic carbocycles. The van der Waals surface area contributed by atoms with Crippen molar-refractivity contribution in [3.8, 4) is 6.07 Å². The van der Waals surface area contributed by atoms with E-state index in [0.717, 1.165) is 10.1 Å². The third kappa shape index (κ3) is 3.70. The van der Waals surface area contributed by atoms with Gasteiger partial charge in [-0.25, -0.2) is 4.79 Å². The van der Waals surface area contributed by atoms with Gasteiger partial charge in [0.15, 0.2) is 0 Å². The quantitative estimate of drug-likeness (QED) is 0.845. The summed E-state index contributed by atoms with van der Waals surface area (Å²) in [6.07, 6.45) is 1.27. The summed E-state index contributed by atoms with van der Waals surface area (Å²) in [7, 11) is 0. The van der Waals surface area contributed by atoms with Crippen molar-refractivity contribution >= 4 is 5.91 Å². The fraction of sp³-hybridized carbons (Fsp3) is 0.200. The number of H-pyrrole nitrogens is 1. The molecule has 0 saturated heterocycles. The lowest BCUT2D eigenvalue weighted by Gasteiger charge is -2.14. The van der Waals surface area contributed by atoms with E-state index in [1.165, 1.54) is 12.3 Å². The van der Waals surface area contributed by atoms with Gasteiger partial charge in [0.1, 0.15) is 6.54 Å². The molecule has 0 radical (unpaired) electrons. The molecule has 1 atom stereocenters. The van der Waals surface area contributed by atoms with Crippen molar-refractivity contribution in [2.45, 2.75) is 19.5 Å². The summed E-state index contributed by atoms with van der Waals surface area (Å²) in [4.78, 5) is 36.5. The Bertz CT molecular complexity index is 827. The maximum atomic E-state index is 11.9. The molecule has 2 aromatic rings. The second kappa shape index (κ2) is 6.54. The topological polar surface area (TPSA) is 108 Å². The van der Waals surface area contributed by atoms with Crippen LogP contribution in [0.2, 0.25) is 0 Å². The molecule has 1 aromatic carbocycles. The van der Waals surface area contributed by atoms with Crippen LogP contribution in [0.3, 0.4) is 0 Å². The van der Waals surface area contributed by atoms with Gasteiger partial charge < -0.3 is 5.32 Å². The first kappa shape index (κ1) is 15.3. The van der Waals surface area contributed by atoms with Crippen LogP contribution in [-0.2, 0) is 11.3 Å². The van der Waals surface area contributed by atoms with Gasteiger partial charge >= 0.3 is 5.69 Å². The predicted octanol–water partition coefficient (Wildman–Crippen LogP) is 0.286. The number of nitrogens with zero attached hydrogens (tertiary/aromatic N) is 2. The third-order valence-corrected chi connectivity index (χ3v) is 3.13. The number of nitrogens with one attached hydrogen (secondary N) is 2. The molecule has 0 spiro atoms. The SMILES string of the molecule is C[C@@H](NC(=O)Cn1ccc(=O)[nH]c1=O)c1ccc(C#N)cc1. The molecule has 0 unspecified atom stereocenters. The molecule has 0 aliphatic heterocycles. The number of aromatic nitrogens is 2. The molecule has 22 heavy (non-hydrogen) atoms. The Morgan fingerprint density at radius 1 is 1.32 bits per heavy atom. The number of carbonyl (C=O) groups excluding carboxylic acids is 1. The Kier molecular flexibility index (Phi) is 4.53. The minimum Gasteiger partial charge on any atom is -0.348 e. The van der Waals surface area contributed by atoms with Crippen molar-refractivity contribution in [1.29, 1.82) is 5.26 Å². The number of hydrogen-bond donors (Lipinski definition) is 2. The van der Waals surface area contributed by atoms with Gasteiger partial charge in [0.25, 0.3) is 5.56 Å². The van der Waals surface area contributed by atoms with Gasteiger partial charge in [-0.2, -0.15) is 5.26 Å². The lowest BCUT2D eigenvalue weighted by molar-refractivity contribution is -0.122. The number of amides is 1. The minimum absolute atomic E-state index is 0.184. The summed E-state index contributed by atoms with van der Waals surface area (Å²) in [5.74, 6) is -0.356. The van der Waals surface area contributed by atoms with Crippen LogP contribution in [0.5, 0.6) is 0 Å². The van der Waals surface area contributed by atoms with E-state index in [1.807, 2.05) is 6.07 Å². The highest BCUT2D eigenvalue weighted by Gasteiger charge is 2.10. The first-order valence-electron chi connectivity index (χ1n) is 6.59. The average molecular weight is 298 g/mol. The van der Waals surface area contributed by atoms with Gasteiger partial charge in [-0.15, -0.1) is 0 Å². The minimum atomic E-state index is -0.631. The zero-order chi connectivity index (χ0) is 16.1. The maximum Gasteiger partial charge on any atom is 0.328 e. The standard InChI is InChI=1S/C15H14N4O3/c1-10(12-4-2-11(8-16)3-5-12)17-14(21)9-19-7-6-13(20)18-15(19)22/h2-7,10H,9H2,1H3,(H,17,21)(H,18,20,22)/t10-/m1/s1. The molecule has 0 saturated carbocycles. The molecule has 0 aliphatic rings. The first-order chi connectivity index (χ1) is 10.5. The molecule has 1 aromatic heterocycles. The van der Waals surface area contributed by atoms with E-state index in [9.17, 15) is 14.4 Å². The summed E-state index contributed by atoms with van der Waals surface area (Å²) in [5, 5.41) is 11.5. The molecule has 0 fully saturated rings. The summed E-state index contributed by atoms with van der Waals surface area (Å²) < 4.78 is 1.11. The summed E-state index contributed by atoms with van der Waals surface area (Å²) >= 11 is 0. The van der Waals surface area contributed by atoms with Crippen molar-refractivity contribution in [3.63, 3.8) is 0 Å². The van der Waals surface area contributed by atoms with E-state index in [2.05, 4.69) is 10.3 Å². The number of carbonyl (C=O) groups is 1. The largest absolute Gasteiger partial charge is 0.348 e. The molecule has 1 heterocycles. The highest BCUT2D eigenvalue weighted by Crippen LogP contribution is 2.12. The molecular weight excluding hydrogens is 284 g/mol. The monoisotopic (exact) mass is 298 g/mol. The zero-order valence-corrected chi connectivity index (χ0v) is 11.9. The summed E-state index contributed by atoms with van der Waals surface area (Å²) in [6.45, 7) is 1.62. The zero-order valence-electron chi connectivity index (χ0n) is 11.9. The Balaban J connectivity index is 2.03. The summed E-state index contributed by atoms with van der Waals surface area (Å²) in [5.41, 5.74) is 0.254. The number of benzene rings is 1. The van der Waals surface area contributed by atoms with Crippen molar-refractivity contribution < 1.29 is 4.79 Å². The van der Waals surface area contributed by atoms with E-state index < -0.39 is 11.2 Å². The number of aromatic amines is 1. The maximum absolute atomic E-state index is 11.9. The predicted molar refractivity (Wildman–Crippen MR) is 79.0 cm³/mol. The van der Waals surface area contributed by atoms with Crippen LogP contribution >= 0.6 is 0 Å². The average Bonchev–Trinajstić information content (AvgIpc) is 2.50.